The first-order chi connectivity index (χ1) is 9.41. The number of aryl methyl sites for hydroxylation is 1. The van der Waals surface area contributed by atoms with Gasteiger partial charge in [0.05, 0.1) is 11.3 Å². The zero-order valence-corrected chi connectivity index (χ0v) is 12.6. The van der Waals surface area contributed by atoms with Gasteiger partial charge in [0.1, 0.15) is 0 Å². The molecule has 0 aliphatic carbocycles. The fourth-order valence-corrected chi connectivity index (χ4v) is 2.94. The number of aliphatic carboxylic acids is 1. The minimum atomic E-state index is -0.852. The van der Waals surface area contributed by atoms with Crippen LogP contribution in [0, 0.1) is 6.92 Å². The van der Waals surface area contributed by atoms with Gasteiger partial charge in [-0.15, -0.1) is 0 Å². The minimum absolute atomic E-state index is 0.0716. The number of benzene rings is 1. The topological polar surface area (TPSA) is 74.7 Å². The summed E-state index contributed by atoms with van der Waals surface area (Å²) >= 11 is 3.32. The van der Waals surface area contributed by atoms with Crippen LogP contribution in [-0.4, -0.2) is 29.3 Å². The number of hydrogen-bond acceptors (Lipinski definition) is 3. The highest BCUT2D eigenvalue weighted by atomic mass is 79.9. The molecule has 0 bridgehead atoms. The van der Waals surface area contributed by atoms with Gasteiger partial charge in [-0.3, -0.25) is 14.4 Å². The molecule has 1 heterocycles. The maximum atomic E-state index is 12.0. The number of amides is 1. The molecule has 0 radical (unpaired) electrons. The van der Waals surface area contributed by atoms with Gasteiger partial charge in [-0.1, -0.05) is 15.9 Å². The molecule has 106 valence electrons. The second kappa shape index (κ2) is 5.75. The van der Waals surface area contributed by atoms with Crippen LogP contribution < -0.4 is 4.90 Å². The van der Waals surface area contributed by atoms with Gasteiger partial charge in [0.25, 0.3) is 11.7 Å². The molecule has 1 aromatic carbocycles. The highest BCUT2D eigenvalue weighted by Gasteiger charge is 2.36. The number of carbonyl (C=O) groups is 3. The van der Waals surface area contributed by atoms with E-state index in [1.807, 2.05) is 13.0 Å². The molecule has 6 heteroatoms. The van der Waals surface area contributed by atoms with Crippen LogP contribution in [0.25, 0.3) is 0 Å². The summed E-state index contributed by atoms with van der Waals surface area (Å²) in [6, 6.07) is 3.51. The highest BCUT2D eigenvalue weighted by molar-refractivity contribution is 9.10. The van der Waals surface area contributed by atoms with Crippen LogP contribution in [0.5, 0.6) is 0 Å². The molecule has 0 fully saturated rings. The summed E-state index contributed by atoms with van der Waals surface area (Å²) in [5.74, 6) is -1.88. The van der Waals surface area contributed by atoms with Crippen LogP contribution in [0.4, 0.5) is 5.69 Å². The monoisotopic (exact) mass is 339 g/mol. The Balaban J connectivity index is 2.18. The van der Waals surface area contributed by atoms with Crippen molar-refractivity contribution in [1.29, 1.82) is 0 Å². The van der Waals surface area contributed by atoms with E-state index in [2.05, 4.69) is 15.9 Å². The summed E-state index contributed by atoms with van der Waals surface area (Å²) in [6.07, 6.45) is 1.11. The summed E-state index contributed by atoms with van der Waals surface area (Å²) in [5.41, 5.74) is 1.92. The first-order valence-corrected chi connectivity index (χ1v) is 7.09. The first kappa shape index (κ1) is 14.7. The molecular formula is C14H14BrNO4. The van der Waals surface area contributed by atoms with Crippen LogP contribution in [0.1, 0.15) is 35.2 Å². The van der Waals surface area contributed by atoms with Gasteiger partial charge in [-0.2, -0.15) is 0 Å². The Labute approximate surface area is 124 Å². The van der Waals surface area contributed by atoms with Crippen LogP contribution in [0.2, 0.25) is 0 Å². The molecule has 2 rings (SSSR count). The number of carbonyl (C=O) groups excluding carboxylic acids is 2. The Morgan fingerprint density at radius 2 is 2.00 bits per heavy atom. The van der Waals surface area contributed by atoms with E-state index in [1.165, 1.54) is 4.90 Å². The average Bonchev–Trinajstić information content (AvgIpc) is 2.59. The van der Waals surface area contributed by atoms with Gasteiger partial charge in [0, 0.05) is 17.4 Å². The molecule has 5 nitrogen and oxygen atoms in total. The predicted molar refractivity (Wildman–Crippen MR) is 77.0 cm³/mol. The Morgan fingerprint density at radius 1 is 1.30 bits per heavy atom. The smallest absolute Gasteiger partial charge is 0.303 e. The SMILES string of the molecule is Cc1cc(Br)cc2c1N(CCCCC(=O)O)C(=O)C2=O. The highest BCUT2D eigenvalue weighted by Crippen LogP contribution is 2.35. The summed E-state index contributed by atoms with van der Waals surface area (Å²) in [4.78, 5) is 35.9. The molecule has 1 amide bonds. The number of Topliss-reactive ketones (excluding diaryl/α,β-unsaturated/α-hetero) is 1. The van der Waals surface area contributed by atoms with Gasteiger partial charge >= 0.3 is 5.97 Å². The molecule has 1 aliphatic rings. The minimum Gasteiger partial charge on any atom is -0.481 e. The van der Waals surface area contributed by atoms with E-state index in [1.54, 1.807) is 6.07 Å². The third-order valence-electron chi connectivity index (χ3n) is 3.24. The number of nitrogens with zero attached hydrogens (tertiary/aromatic N) is 1. The summed E-state index contributed by atoms with van der Waals surface area (Å²) < 4.78 is 0.766. The van der Waals surface area contributed by atoms with Crippen LogP contribution in [0.15, 0.2) is 16.6 Å². The van der Waals surface area contributed by atoms with Gasteiger partial charge in [-0.05, 0) is 37.5 Å². The van der Waals surface area contributed by atoms with Gasteiger partial charge < -0.3 is 10.0 Å². The lowest BCUT2D eigenvalue weighted by Crippen LogP contribution is -2.31. The Morgan fingerprint density at radius 3 is 2.65 bits per heavy atom. The first-order valence-electron chi connectivity index (χ1n) is 6.30. The fraction of sp³-hybridized carbons (Fsp3) is 0.357. The maximum absolute atomic E-state index is 12.0. The molecule has 1 aliphatic heterocycles. The zero-order valence-electron chi connectivity index (χ0n) is 11.0. The fourth-order valence-electron chi connectivity index (χ4n) is 2.37. The van der Waals surface area contributed by atoms with Crippen molar-refractivity contribution in [3.8, 4) is 0 Å². The van der Waals surface area contributed by atoms with Crippen LogP contribution in [-0.2, 0) is 9.59 Å². The van der Waals surface area contributed by atoms with E-state index in [0.717, 1.165) is 10.0 Å². The van der Waals surface area contributed by atoms with Crippen molar-refractivity contribution in [3.63, 3.8) is 0 Å². The van der Waals surface area contributed by atoms with Crippen molar-refractivity contribution in [3.05, 3.63) is 27.7 Å². The van der Waals surface area contributed by atoms with Crippen molar-refractivity contribution < 1.29 is 19.5 Å². The summed E-state index contributed by atoms with van der Waals surface area (Å²) in [6.45, 7) is 2.22. The molecule has 0 atom stereocenters. The van der Waals surface area contributed by atoms with Crippen molar-refractivity contribution in [1.82, 2.24) is 0 Å². The lowest BCUT2D eigenvalue weighted by molar-refractivity contribution is -0.137. The van der Waals surface area contributed by atoms with Gasteiger partial charge in [0.15, 0.2) is 0 Å². The van der Waals surface area contributed by atoms with Crippen LogP contribution >= 0.6 is 15.9 Å². The molecule has 1 N–H and O–H groups in total. The molecule has 0 unspecified atom stereocenters. The largest absolute Gasteiger partial charge is 0.481 e. The Hall–Kier alpha value is -1.69. The van der Waals surface area contributed by atoms with E-state index in [-0.39, 0.29) is 6.42 Å². The second-order valence-corrected chi connectivity index (χ2v) is 5.67. The number of carboxylic acid groups (broad SMARTS) is 1. The predicted octanol–water partition coefficient (Wildman–Crippen LogP) is 2.54. The van der Waals surface area contributed by atoms with Crippen molar-refractivity contribution >= 4 is 39.3 Å². The number of fused-ring (bicyclic) bond motifs is 1. The third kappa shape index (κ3) is 2.75. The molecule has 1 aromatic rings. The summed E-state index contributed by atoms with van der Waals surface area (Å²) in [5, 5.41) is 8.59. The third-order valence-corrected chi connectivity index (χ3v) is 3.70. The van der Waals surface area contributed by atoms with Crippen molar-refractivity contribution in [2.75, 3.05) is 11.4 Å². The number of halogens is 1. The number of rotatable bonds is 5. The standard InChI is InChI=1S/C14H14BrNO4/c1-8-6-9(15)7-10-12(8)16(14(20)13(10)19)5-3-2-4-11(17)18/h6-7H,2-5H2,1H3,(H,17,18). The Kier molecular flexibility index (Phi) is 4.23. The van der Waals surface area contributed by atoms with Gasteiger partial charge in [-0.25, -0.2) is 0 Å². The molecular weight excluding hydrogens is 326 g/mol. The zero-order chi connectivity index (χ0) is 14.9. The quantitative estimate of drug-likeness (QED) is 0.660. The summed E-state index contributed by atoms with van der Waals surface area (Å²) in [7, 11) is 0. The van der Waals surface area contributed by atoms with Crippen molar-refractivity contribution in [2.24, 2.45) is 0 Å². The normalized spacial score (nSPS) is 13.8. The number of carboxylic acids is 1. The second-order valence-electron chi connectivity index (χ2n) is 4.76. The van der Waals surface area contributed by atoms with Gasteiger partial charge in [0.2, 0.25) is 0 Å². The van der Waals surface area contributed by atoms with E-state index >= 15 is 0 Å². The molecule has 0 saturated heterocycles. The van der Waals surface area contributed by atoms with E-state index in [9.17, 15) is 14.4 Å². The molecule has 20 heavy (non-hydrogen) atoms. The Bertz CT molecular complexity index is 597. The van der Waals surface area contributed by atoms with Crippen LogP contribution in [0.3, 0.4) is 0 Å². The lowest BCUT2D eigenvalue weighted by Gasteiger charge is -2.18. The number of ketones is 1. The number of unbranched alkanes of at least 4 members (excludes halogenated alkanes) is 1. The number of hydrogen-bond donors (Lipinski definition) is 1. The number of anilines is 1. The van der Waals surface area contributed by atoms with Crippen molar-refractivity contribution in [2.45, 2.75) is 26.2 Å². The average molecular weight is 340 g/mol. The van der Waals surface area contributed by atoms with E-state index < -0.39 is 17.7 Å². The lowest BCUT2D eigenvalue weighted by atomic mass is 10.1. The molecule has 0 spiro atoms. The van der Waals surface area contributed by atoms with E-state index in [4.69, 9.17) is 5.11 Å². The molecule has 0 aromatic heterocycles. The maximum Gasteiger partial charge on any atom is 0.303 e. The molecule has 0 saturated carbocycles. The van der Waals surface area contributed by atoms with E-state index in [0.29, 0.717) is 30.6 Å².